The fourth-order valence-electron chi connectivity index (χ4n) is 4.32. The predicted molar refractivity (Wildman–Crippen MR) is 94.2 cm³/mol. The van der Waals surface area contributed by atoms with Crippen LogP contribution in [0, 0.1) is 11.3 Å². The first kappa shape index (κ1) is 17.2. The van der Waals surface area contributed by atoms with Crippen molar-refractivity contribution in [3.63, 3.8) is 0 Å². The van der Waals surface area contributed by atoms with Gasteiger partial charge in [0.05, 0.1) is 18.9 Å². The Morgan fingerprint density at radius 3 is 2.92 bits per heavy atom. The Bertz CT molecular complexity index is 615. The van der Waals surface area contributed by atoms with Crippen LogP contribution in [0.4, 0.5) is 5.69 Å². The molecule has 1 saturated heterocycles. The predicted octanol–water partition coefficient (Wildman–Crippen LogP) is 2.95. The number of methoxy groups -OCH3 is 1. The normalized spacial score (nSPS) is 27.8. The van der Waals surface area contributed by atoms with Crippen molar-refractivity contribution in [2.75, 3.05) is 19.0 Å². The molecule has 0 aromatic heterocycles. The number of rotatable bonds is 5. The highest BCUT2D eigenvalue weighted by Gasteiger charge is 2.57. The molecule has 1 aliphatic heterocycles. The fourth-order valence-corrected chi connectivity index (χ4v) is 4.32. The molecular formula is C19H28N2O3. The van der Waals surface area contributed by atoms with E-state index in [1.54, 1.807) is 7.11 Å². The molecule has 1 aromatic rings. The zero-order valence-corrected chi connectivity index (χ0v) is 15.0. The van der Waals surface area contributed by atoms with Crippen LogP contribution in [0.2, 0.25) is 0 Å². The first-order valence-corrected chi connectivity index (χ1v) is 8.73. The Morgan fingerprint density at radius 2 is 2.21 bits per heavy atom. The smallest absolute Gasteiger partial charge is 0.221 e. The van der Waals surface area contributed by atoms with E-state index in [0.717, 1.165) is 30.8 Å². The van der Waals surface area contributed by atoms with Crippen LogP contribution in [0.1, 0.15) is 39.2 Å². The number of carbonyl (C=O) groups excluding carboxylic acids is 1. The number of hydrogen-bond donors (Lipinski definition) is 2. The quantitative estimate of drug-likeness (QED) is 0.870. The number of benzene rings is 1. The molecule has 3 rings (SSSR count). The van der Waals surface area contributed by atoms with E-state index in [-0.39, 0.29) is 11.3 Å². The monoisotopic (exact) mass is 332 g/mol. The van der Waals surface area contributed by atoms with Crippen molar-refractivity contribution >= 4 is 11.6 Å². The van der Waals surface area contributed by atoms with E-state index in [9.17, 15) is 4.79 Å². The summed E-state index contributed by atoms with van der Waals surface area (Å²) in [6, 6.07) is 6.39. The molecule has 0 bridgehead atoms. The molecule has 132 valence electrons. The van der Waals surface area contributed by atoms with Gasteiger partial charge in [-0.3, -0.25) is 4.79 Å². The van der Waals surface area contributed by atoms with Crippen LogP contribution in [-0.4, -0.2) is 31.8 Å². The van der Waals surface area contributed by atoms with Crippen LogP contribution < -0.4 is 15.4 Å². The Balaban J connectivity index is 1.67. The molecule has 5 nitrogen and oxygen atoms in total. The number of fused-ring (bicyclic) bond motifs is 1. The lowest BCUT2D eigenvalue weighted by Crippen LogP contribution is -2.69. The van der Waals surface area contributed by atoms with Crippen LogP contribution in [0.25, 0.3) is 0 Å². The van der Waals surface area contributed by atoms with Crippen LogP contribution in [-0.2, 0) is 16.1 Å². The van der Waals surface area contributed by atoms with Crippen molar-refractivity contribution in [3.05, 3.63) is 23.8 Å². The fraction of sp³-hybridized carbons (Fsp3) is 0.632. The van der Waals surface area contributed by atoms with Crippen LogP contribution in [0.15, 0.2) is 18.2 Å². The Labute approximate surface area is 144 Å². The lowest BCUT2D eigenvalue weighted by atomic mass is 9.55. The minimum Gasteiger partial charge on any atom is -0.495 e. The molecule has 24 heavy (non-hydrogen) atoms. The van der Waals surface area contributed by atoms with Gasteiger partial charge in [0.25, 0.3) is 0 Å². The van der Waals surface area contributed by atoms with Crippen molar-refractivity contribution in [2.45, 2.75) is 52.3 Å². The first-order valence-electron chi connectivity index (χ1n) is 8.73. The van der Waals surface area contributed by atoms with Gasteiger partial charge in [-0.15, -0.1) is 0 Å². The van der Waals surface area contributed by atoms with E-state index in [0.29, 0.717) is 23.8 Å². The van der Waals surface area contributed by atoms with Crippen molar-refractivity contribution in [1.82, 2.24) is 5.32 Å². The average molecular weight is 332 g/mol. The number of amides is 1. The van der Waals surface area contributed by atoms with E-state index in [4.69, 9.17) is 9.47 Å². The minimum atomic E-state index is -0.0965. The molecule has 1 saturated carbocycles. The molecule has 5 heteroatoms. The third kappa shape index (κ3) is 3.15. The minimum absolute atomic E-state index is 0.0965. The Hall–Kier alpha value is -1.59. The number of hydrogen-bond acceptors (Lipinski definition) is 4. The van der Waals surface area contributed by atoms with Gasteiger partial charge in [-0.05, 0) is 30.5 Å². The molecule has 0 spiro atoms. The van der Waals surface area contributed by atoms with Gasteiger partial charge < -0.3 is 20.1 Å². The molecule has 2 aliphatic rings. The maximum atomic E-state index is 11.4. The molecule has 3 atom stereocenters. The summed E-state index contributed by atoms with van der Waals surface area (Å²) in [6.45, 7) is 7.75. The zero-order valence-electron chi connectivity index (χ0n) is 15.0. The SMILES string of the molecule is COc1ccc(CN[C@@H]2[C@@H]3CCCO[C@@H]3C2(C)C)cc1NC(C)=O. The van der Waals surface area contributed by atoms with Crippen LogP contribution in [0.3, 0.4) is 0 Å². The molecule has 1 aromatic carbocycles. The van der Waals surface area contributed by atoms with Gasteiger partial charge in [0.15, 0.2) is 0 Å². The second-order valence-electron chi connectivity index (χ2n) is 7.49. The molecule has 1 heterocycles. The van der Waals surface area contributed by atoms with E-state index in [1.807, 2.05) is 18.2 Å². The van der Waals surface area contributed by atoms with E-state index in [2.05, 4.69) is 24.5 Å². The topological polar surface area (TPSA) is 59.6 Å². The highest BCUT2D eigenvalue weighted by atomic mass is 16.5. The number of nitrogens with one attached hydrogen (secondary N) is 2. The molecule has 2 N–H and O–H groups in total. The summed E-state index contributed by atoms with van der Waals surface area (Å²) in [7, 11) is 1.61. The summed E-state index contributed by atoms with van der Waals surface area (Å²) in [6.07, 6.45) is 2.78. The van der Waals surface area contributed by atoms with Crippen LogP contribution >= 0.6 is 0 Å². The highest BCUT2D eigenvalue weighted by molar-refractivity contribution is 5.90. The first-order chi connectivity index (χ1) is 11.4. The molecular weight excluding hydrogens is 304 g/mol. The number of anilines is 1. The van der Waals surface area contributed by atoms with E-state index in [1.165, 1.54) is 13.3 Å². The Kier molecular flexibility index (Phi) is 4.83. The zero-order chi connectivity index (χ0) is 17.3. The summed E-state index contributed by atoms with van der Waals surface area (Å²) < 4.78 is 11.3. The summed E-state index contributed by atoms with van der Waals surface area (Å²) >= 11 is 0. The second-order valence-corrected chi connectivity index (χ2v) is 7.49. The average Bonchev–Trinajstić information content (AvgIpc) is 2.54. The number of carbonyl (C=O) groups is 1. The summed E-state index contributed by atoms with van der Waals surface area (Å²) in [5.74, 6) is 1.20. The maximum absolute atomic E-state index is 11.4. The Morgan fingerprint density at radius 1 is 1.42 bits per heavy atom. The lowest BCUT2D eigenvalue weighted by molar-refractivity contribution is -0.192. The summed E-state index contributed by atoms with van der Waals surface area (Å²) in [5, 5.41) is 6.54. The largest absolute Gasteiger partial charge is 0.495 e. The molecule has 1 aliphatic carbocycles. The number of ether oxygens (including phenoxy) is 2. The third-order valence-electron chi connectivity index (χ3n) is 5.43. The van der Waals surface area contributed by atoms with Gasteiger partial charge in [0.2, 0.25) is 5.91 Å². The maximum Gasteiger partial charge on any atom is 0.221 e. The van der Waals surface area contributed by atoms with Crippen molar-refractivity contribution in [2.24, 2.45) is 11.3 Å². The van der Waals surface area contributed by atoms with Gasteiger partial charge in [-0.2, -0.15) is 0 Å². The summed E-state index contributed by atoms with van der Waals surface area (Å²) in [5.41, 5.74) is 2.02. The van der Waals surface area contributed by atoms with Gasteiger partial charge in [0.1, 0.15) is 5.75 Å². The van der Waals surface area contributed by atoms with E-state index >= 15 is 0 Å². The second kappa shape index (κ2) is 6.73. The van der Waals surface area contributed by atoms with Gasteiger partial charge in [0, 0.05) is 37.5 Å². The molecule has 1 amide bonds. The highest BCUT2D eigenvalue weighted by Crippen LogP contribution is 2.51. The third-order valence-corrected chi connectivity index (χ3v) is 5.43. The molecule has 2 fully saturated rings. The van der Waals surface area contributed by atoms with Crippen molar-refractivity contribution < 1.29 is 14.3 Å². The van der Waals surface area contributed by atoms with Crippen molar-refractivity contribution in [1.29, 1.82) is 0 Å². The molecule has 0 radical (unpaired) electrons. The van der Waals surface area contributed by atoms with Gasteiger partial charge in [-0.1, -0.05) is 19.9 Å². The summed E-state index contributed by atoms with van der Waals surface area (Å²) in [4.78, 5) is 11.4. The van der Waals surface area contributed by atoms with E-state index < -0.39 is 0 Å². The molecule has 0 unspecified atom stereocenters. The lowest BCUT2D eigenvalue weighted by Gasteiger charge is -2.60. The van der Waals surface area contributed by atoms with Gasteiger partial charge >= 0.3 is 0 Å². The van der Waals surface area contributed by atoms with Crippen molar-refractivity contribution in [3.8, 4) is 5.75 Å². The van der Waals surface area contributed by atoms with Gasteiger partial charge in [-0.25, -0.2) is 0 Å². The standard InChI is InChI=1S/C19H28N2O3/c1-12(22)21-15-10-13(7-8-16(15)23-4)11-20-17-14-6-5-9-24-18(14)19(17,2)3/h7-8,10,14,17-18,20H,5-6,9,11H2,1-4H3,(H,21,22)/t14-,17+,18-/m0/s1. The van der Waals surface area contributed by atoms with Crippen LogP contribution in [0.5, 0.6) is 5.75 Å².